The molecule has 2 N–H and O–H groups in total. The van der Waals surface area contributed by atoms with Gasteiger partial charge in [-0.1, -0.05) is 31.4 Å². The number of carbonyl (C=O) groups is 2. The van der Waals surface area contributed by atoms with Gasteiger partial charge in [0.25, 0.3) is 5.56 Å². The molecule has 0 unspecified atom stereocenters. The number of rotatable bonds is 7. The number of Topliss-reactive ketones (excluding diaryl/α,β-unsaturated/α-hetero) is 1. The van der Waals surface area contributed by atoms with Crippen LogP contribution in [0.1, 0.15) is 55.4 Å². The van der Waals surface area contributed by atoms with Crippen molar-refractivity contribution in [3.8, 4) is 0 Å². The number of nitrogens with zero attached hydrogens (tertiary/aromatic N) is 2. The molecule has 1 aliphatic carbocycles. The molecule has 1 heterocycles. The second kappa shape index (κ2) is 10.7. The molecule has 2 amide bonds. The number of urea groups is 1. The maximum atomic E-state index is 13.3. The minimum atomic E-state index is -0.509. The van der Waals surface area contributed by atoms with Crippen LogP contribution in [-0.2, 0) is 11.3 Å². The predicted molar refractivity (Wildman–Crippen MR) is 136 cm³/mol. The Labute approximate surface area is 202 Å². The molecule has 35 heavy (non-hydrogen) atoms. The lowest BCUT2D eigenvalue weighted by Gasteiger charge is -2.26. The van der Waals surface area contributed by atoms with Gasteiger partial charge in [0.1, 0.15) is 0 Å². The van der Waals surface area contributed by atoms with Gasteiger partial charge in [0, 0.05) is 30.1 Å². The summed E-state index contributed by atoms with van der Waals surface area (Å²) in [5.41, 5.74) is 1.22. The number of amides is 2. The minimum absolute atomic E-state index is 0.0313. The van der Waals surface area contributed by atoms with Crippen LogP contribution in [0.3, 0.4) is 0 Å². The van der Waals surface area contributed by atoms with Crippen molar-refractivity contribution in [2.24, 2.45) is 0 Å². The highest BCUT2D eigenvalue weighted by molar-refractivity contribution is 6.02. The lowest BCUT2D eigenvalue weighted by molar-refractivity contribution is 0.101. The number of fused-ring (bicyclic) bond motifs is 1. The number of hydrogen-bond acceptors (Lipinski definition) is 5. The Kier molecular flexibility index (Phi) is 7.45. The molecule has 9 heteroatoms. The van der Waals surface area contributed by atoms with Crippen LogP contribution < -0.4 is 21.9 Å². The number of benzene rings is 2. The summed E-state index contributed by atoms with van der Waals surface area (Å²) in [6.07, 6.45) is 5.00. The monoisotopic (exact) mass is 478 g/mol. The van der Waals surface area contributed by atoms with Gasteiger partial charge in [0.15, 0.2) is 5.78 Å². The zero-order chi connectivity index (χ0) is 24.9. The number of anilines is 2. The van der Waals surface area contributed by atoms with Gasteiger partial charge in [-0.05, 0) is 50.1 Å². The molecule has 1 fully saturated rings. The van der Waals surface area contributed by atoms with Gasteiger partial charge in [-0.3, -0.25) is 18.7 Å². The smallest absolute Gasteiger partial charge is 0.331 e. The van der Waals surface area contributed by atoms with Crippen LogP contribution in [0.4, 0.5) is 16.2 Å². The van der Waals surface area contributed by atoms with E-state index in [9.17, 15) is 19.2 Å². The molecule has 2 aromatic carbocycles. The van der Waals surface area contributed by atoms with Crippen molar-refractivity contribution in [2.75, 3.05) is 24.4 Å². The number of ether oxygens (including phenoxy) is 1. The summed E-state index contributed by atoms with van der Waals surface area (Å²) < 4.78 is 8.07. The maximum absolute atomic E-state index is 13.3. The molecular formula is C26H30N4O5. The summed E-state index contributed by atoms with van der Waals surface area (Å²) in [5.74, 6) is -0.0997. The van der Waals surface area contributed by atoms with Gasteiger partial charge in [-0.15, -0.1) is 0 Å². The van der Waals surface area contributed by atoms with Gasteiger partial charge in [0.2, 0.25) is 0 Å². The van der Waals surface area contributed by atoms with Crippen molar-refractivity contribution in [1.29, 1.82) is 0 Å². The van der Waals surface area contributed by atoms with E-state index in [1.54, 1.807) is 47.0 Å². The van der Waals surface area contributed by atoms with Crippen molar-refractivity contribution < 1.29 is 14.3 Å². The molecule has 0 aliphatic heterocycles. The largest absolute Gasteiger partial charge is 0.383 e. The van der Waals surface area contributed by atoms with Gasteiger partial charge < -0.3 is 15.4 Å². The first-order valence-electron chi connectivity index (χ1n) is 11.9. The maximum Gasteiger partial charge on any atom is 0.331 e. The molecule has 0 radical (unpaired) electrons. The molecule has 3 aromatic rings. The Morgan fingerprint density at radius 1 is 1.00 bits per heavy atom. The Balaban J connectivity index is 1.68. The Hall–Kier alpha value is -3.72. The Morgan fingerprint density at radius 3 is 2.40 bits per heavy atom. The predicted octanol–water partition coefficient (Wildman–Crippen LogP) is 4.16. The van der Waals surface area contributed by atoms with E-state index in [1.165, 1.54) is 18.6 Å². The molecule has 4 rings (SSSR count). The van der Waals surface area contributed by atoms with Crippen LogP contribution in [0.25, 0.3) is 10.9 Å². The number of ketones is 1. The van der Waals surface area contributed by atoms with Gasteiger partial charge in [-0.2, -0.15) is 0 Å². The SMILES string of the molecule is COCCn1c(=O)c2cc(NC(=O)Nc3cccc(C(C)=O)c3)ccc2n(C2CCCCC2)c1=O. The fraction of sp³-hybridized carbons (Fsp3) is 0.385. The first-order chi connectivity index (χ1) is 16.9. The van der Waals surface area contributed by atoms with Crippen LogP contribution in [0.15, 0.2) is 52.1 Å². The normalized spacial score (nSPS) is 14.1. The lowest BCUT2D eigenvalue weighted by atomic mass is 9.95. The third-order valence-electron chi connectivity index (χ3n) is 6.41. The summed E-state index contributed by atoms with van der Waals surface area (Å²) in [5, 5.41) is 5.81. The van der Waals surface area contributed by atoms with Crippen molar-refractivity contribution in [3.05, 3.63) is 68.9 Å². The van der Waals surface area contributed by atoms with Gasteiger partial charge in [-0.25, -0.2) is 9.59 Å². The van der Waals surface area contributed by atoms with Crippen molar-refractivity contribution in [3.63, 3.8) is 0 Å². The average molecular weight is 479 g/mol. The number of aromatic nitrogens is 2. The lowest BCUT2D eigenvalue weighted by Crippen LogP contribution is -2.42. The summed E-state index contributed by atoms with van der Waals surface area (Å²) in [6, 6.07) is 11.2. The fourth-order valence-electron chi connectivity index (χ4n) is 4.64. The van der Waals surface area contributed by atoms with E-state index < -0.39 is 11.6 Å². The van der Waals surface area contributed by atoms with E-state index in [4.69, 9.17) is 4.74 Å². The second-order valence-corrected chi connectivity index (χ2v) is 8.84. The molecule has 1 aliphatic rings. The zero-order valence-electron chi connectivity index (χ0n) is 20.0. The molecule has 9 nitrogen and oxygen atoms in total. The van der Waals surface area contributed by atoms with E-state index >= 15 is 0 Å². The van der Waals surface area contributed by atoms with Crippen LogP contribution in [-0.4, -0.2) is 34.7 Å². The Bertz CT molecular complexity index is 1370. The number of methoxy groups -OCH3 is 1. The quantitative estimate of drug-likeness (QED) is 0.495. The topological polar surface area (TPSA) is 111 Å². The van der Waals surface area contributed by atoms with Crippen LogP contribution >= 0.6 is 0 Å². The first kappa shape index (κ1) is 24.4. The number of hydrogen-bond donors (Lipinski definition) is 2. The third kappa shape index (κ3) is 5.35. The molecule has 184 valence electrons. The molecule has 0 atom stereocenters. The van der Waals surface area contributed by atoms with Crippen LogP contribution in [0, 0.1) is 0 Å². The number of carbonyl (C=O) groups excluding carboxylic acids is 2. The molecule has 0 spiro atoms. The van der Waals surface area contributed by atoms with Crippen LogP contribution in [0.2, 0.25) is 0 Å². The van der Waals surface area contributed by atoms with Crippen LogP contribution in [0.5, 0.6) is 0 Å². The third-order valence-corrected chi connectivity index (χ3v) is 6.41. The highest BCUT2D eigenvalue weighted by Gasteiger charge is 2.22. The van der Waals surface area contributed by atoms with Crippen molar-refractivity contribution in [1.82, 2.24) is 9.13 Å². The minimum Gasteiger partial charge on any atom is -0.383 e. The summed E-state index contributed by atoms with van der Waals surface area (Å²) in [6.45, 7) is 1.85. The summed E-state index contributed by atoms with van der Waals surface area (Å²) in [4.78, 5) is 50.8. The van der Waals surface area contributed by atoms with E-state index in [1.807, 2.05) is 0 Å². The van der Waals surface area contributed by atoms with E-state index in [0.29, 0.717) is 27.8 Å². The Morgan fingerprint density at radius 2 is 1.71 bits per heavy atom. The van der Waals surface area contributed by atoms with E-state index in [2.05, 4.69) is 10.6 Å². The van der Waals surface area contributed by atoms with Gasteiger partial charge >= 0.3 is 11.7 Å². The zero-order valence-corrected chi connectivity index (χ0v) is 20.0. The van der Waals surface area contributed by atoms with Gasteiger partial charge in [0.05, 0.1) is 24.1 Å². The molecule has 1 aromatic heterocycles. The highest BCUT2D eigenvalue weighted by atomic mass is 16.5. The fourth-order valence-corrected chi connectivity index (χ4v) is 4.64. The molecule has 1 saturated carbocycles. The van der Waals surface area contributed by atoms with E-state index in [0.717, 1.165) is 32.1 Å². The van der Waals surface area contributed by atoms with Crippen molar-refractivity contribution in [2.45, 2.75) is 51.6 Å². The second-order valence-electron chi connectivity index (χ2n) is 8.84. The molecule has 0 bridgehead atoms. The first-order valence-corrected chi connectivity index (χ1v) is 11.9. The molecular weight excluding hydrogens is 448 g/mol. The van der Waals surface area contributed by atoms with E-state index in [-0.39, 0.29) is 30.7 Å². The summed E-state index contributed by atoms with van der Waals surface area (Å²) in [7, 11) is 1.53. The standard InChI is InChI=1S/C26H30N4O5/c1-17(31)18-7-6-8-19(15-18)27-25(33)28-20-11-12-23-22(16-20)24(32)29(13-14-35-2)26(34)30(23)21-9-4-3-5-10-21/h6-8,11-12,15-16,21H,3-5,9-10,13-14H2,1-2H3,(H2,27,28,33). The summed E-state index contributed by atoms with van der Waals surface area (Å²) >= 11 is 0. The van der Waals surface area contributed by atoms with Crippen molar-refractivity contribution >= 4 is 34.1 Å². The average Bonchev–Trinajstić information content (AvgIpc) is 2.85. The highest BCUT2D eigenvalue weighted by Crippen LogP contribution is 2.29. The number of nitrogens with one attached hydrogen (secondary N) is 2. The molecule has 0 saturated heterocycles.